The molecule has 0 radical (unpaired) electrons. The second-order valence-corrected chi connectivity index (χ2v) is 15.7. The van der Waals surface area contributed by atoms with Gasteiger partial charge in [-0.2, -0.15) is 0 Å². The van der Waals surface area contributed by atoms with Crippen LogP contribution in [0.25, 0.3) is 50.2 Å². The van der Waals surface area contributed by atoms with Gasteiger partial charge in [0.1, 0.15) is 0 Å². The van der Waals surface area contributed by atoms with Crippen LogP contribution in [-0.4, -0.2) is 6.04 Å². The summed E-state index contributed by atoms with van der Waals surface area (Å²) in [5.41, 5.74) is 17.3. The normalized spacial score (nSPS) is 13.9. The summed E-state index contributed by atoms with van der Waals surface area (Å²) in [6.07, 6.45) is 7.41. The lowest BCUT2D eigenvalue weighted by Gasteiger charge is -2.34. The Labute approximate surface area is 336 Å². The van der Waals surface area contributed by atoms with Gasteiger partial charge in [-0.3, -0.25) is 0 Å². The molecular formula is C55H44N2. The van der Waals surface area contributed by atoms with Crippen LogP contribution < -0.4 is 9.80 Å². The van der Waals surface area contributed by atoms with Gasteiger partial charge in [0.2, 0.25) is 0 Å². The van der Waals surface area contributed by atoms with Gasteiger partial charge < -0.3 is 9.80 Å². The van der Waals surface area contributed by atoms with Crippen molar-refractivity contribution >= 4 is 45.3 Å². The van der Waals surface area contributed by atoms with Gasteiger partial charge in [0.05, 0.1) is 17.4 Å². The van der Waals surface area contributed by atoms with E-state index in [1.807, 2.05) is 0 Å². The molecule has 8 aromatic rings. The Balaban J connectivity index is 1.07. The molecule has 0 bridgehead atoms. The monoisotopic (exact) mass is 732 g/mol. The third-order valence-corrected chi connectivity index (χ3v) is 12.1. The fourth-order valence-corrected chi connectivity index (χ4v) is 9.32. The van der Waals surface area contributed by atoms with E-state index in [4.69, 9.17) is 0 Å². The first-order valence-electron chi connectivity index (χ1n) is 20.0. The molecule has 1 heterocycles. The zero-order valence-electron chi connectivity index (χ0n) is 32.4. The predicted molar refractivity (Wildman–Crippen MR) is 243 cm³/mol. The largest absolute Gasteiger partial charge is 0.334 e. The van der Waals surface area contributed by atoms with Crippen LogP contribution in [0, 0.1) is 0 Å². The topological polar surface area (TPSA) is 6.48 Å². The molecule has 0 saturated carbocycles. The van der Waals surface area contributed by atoms with Crippen molar-refractivity contribution in [3.8, 4) is 33.4 Å². The van der Waals surface area contributed by atoms with E-state index in [9.17, 15) is 0 Å². The van der Waals surface area contributed by atoms with Gasteiger partial charge in [-0.05, 0) is 105 Å². The maximum Gasteiger partial charge on any atom is 0.0554 e. The molecule has 8 aromatic carbocycles. The van der Waals surface area contributed by atoms with Crippen LogP contribution in [0.5, 0.6) is 0 Å². The summed E-state index contributed by atoms with van der Waals surface area (Å²) in [6, 6.07) is 66.5. The second kappa shape index (κ2) is 14.0. The van der Waals surface area contributed by atoms with Crippen molar-refractivity contribution < 1.29 is 0 Å². The lowest BCUT2D eigenvalue weighted by Crippen LogP contribution is -2.29. The minimum absolute atomic E-state index is 0.0327. The van der Waals surface area contributed by atoms with Gasteiger partial charge in [0, 0.05) is 33.4 Å². The average molecular weight is 733 g/mol. The standard InChI is InChI=1S/C55H44N2/c1-4-40(22-15-19-38-17-7-5-8-18-38)56(43-33-34-46-45-23-11-13-26-50(45)55(2,3)51(46)37-43)42-31-29-39(30-32-42)44-35-36-49-47-24-12-14-27-52(47)57(41-20-9-6-10-21-41)53-28-16-25-48(44)54(49)53/h4-21,23-37,40H,1,22H2,2-3H3/b19-15+. The summed E-state index contributed by atoms with van der Waals surface area (Å²) in [5.74, 6) is 0. The quantitative estimate of drug-likeness (QED) is 0.136. The van der Waals surface area contributed by atoms with E-state index >= 15 is 0 Å². The molecule has 0 saturated heterocycles. The summed E-state index contributed by atoms with van der Waals surface area (Å²) in [4.78, 5) is 4.88. The third-order valence-electron chi connectivity index (χ3n) is 12.1. The number of nitrogens with zero attached hydrogens (tertiary/aromatic N) is 2. The maximum absolute atomic E-state index is 4.39. The van der Waals surface area contributed by atoms with Crippen LogP contribution >= 0.6 is 0 Å². The van der Waals surface area contributed by atoms with Gasteiger partial charge in [-0.25, -0.2) is 0 Å². The lowest BCUT2D eigenvalue weighted by atomic mass is 9.82. The van der Waals surface area contributed by atoms with Crippen molar-refractivity contribution in [2.45, 2.75) is 31.7 Å². The first kappa shape index (κ1) is 34.6. The number of fused-ring (bicyclic) bond motifs is 5. The fraction of sp³-hybridized carbons (Fsp3) is 0.0909. The molecule has 0 spiro atoms. The van der Waals surface area contributed by atoms with Crippen LogP contribution in [-0.2, 0) is 5.41 Å². The Kier molecular flexibility index (Phi) is 8.49. The minimum Gasteiger partial charge on any atom is -0.334 e. The molecule has 0 aromatic heterocycles. The molecule has 1 aliphatic carbocycles. The van der Waals surface area contributed by atoms with E-state index in [0.717, 1.165) is 17.8 Å². The average Bonchev–Trinajstić information content (AvgIpc) is 3.49. The highest BCUT2D eigenvalue weighted by Gasteiger charge is 2.36. The highest BCUT2D eigenvalue weighted by Crippen LogP contribution is 2.53. The Morgan fingerprint density at radius 1 is 0.561 bits per heavy atom. The molecule has 0 amide bonds. The van der Waals surface area contributed by atoms with Crippen LogP contribution in [0.15, 0.2) is 201 Å². The Morgan fingerprint density at radius 3 is 1.98 bits per heavy atom. The molecule has 1 atom stereocenters. The van der Waals surface area contributed by atoms with Crippen molar-refractivity contribution in [1.29, 1.82) is 0 Å². The van der Waals surface area contributed by atoms with Crippen molar-refractivity contribution in [3.05, 3.63) is 217 Å². The summed E-state index contributed by atoms with van der Waals surface area (Å²) in [7, 11) is 0. The molecule has 274 valence electrons. The second-order valence-electron chi connectivity index (χ2n) is 15.7. The van der Waals surface area contributed by atoms with Crippen LogP contribution in [0.2, 0.25) is 0 Å². The van der Waals surface area contributed by atoms with Gasteiger partial charge in [0.15, 0.2) is 0 Å². The smallest absolute Gasteiger partial charge is 0.0554 e. The maximum atomic E-state index is 4.39. The van der Waals surface area contributed by atoms with Crippen molar-refractivity contribution in [1.82, 2.24) is 0 Å². The lowest BCUT2D eigenvalue weighted by molar-refractivity contribution is 0.659. The molecule has 1 unspecified atom stereocenters. The fourth-order valence-electron chi connectivity index (χ4n) is 9.32. The Morgan fingerprint density at radius 2 is 1.19 bits per heavy atom. The first-order valence-corrected chi connectivity index (χ1v) is 20.0. The Bertz CT molecular complexity index is 2810. The molecule has 2 nitrogen and oxygen atoms in total. The van der Waals surface area contributed by atoms with E-state index in [-0.39, 0.29) is 11.5 Å². The van der Waals surface area contributed by atoms with Crippen LogP contribution in [0.1, 0.15) is 37.0 Å². The predicted octanol–water partition coefficient (Wildman–Crippen LogP) is 15.1. The highest BCUT2D eigenvalue weighted by atomic mass is 15.2. The summed E-state index contributed by atoms with van der Waals surface area (Å²) in [5, 5.41) is 2.53. The molecule has 2 heteroatoms. The third kappa shape index (κ3) is 5.79. The first-order chi connectivity index (χ1) is 28.0. The summed E-state index contributed by atoms with van der Waals surface area (Å²) >= 11 is 0. The summed E-state index contributed by atoms with van der Waals surface area (Å²) in [6.45, 7) is 9.09. The zero-order chi connectivity index (χ0) is 38.5. The van der Waals surface area contributed by atoms with Gasteiger partial charge in [-0.1, -0.05) is 166 Å². The number of rotatable bonds is 9. The molecule has 10 rings (SSSR count). The van der Waals surface area contributed by atoms with E-state index in [1.165, 1.54) is 77.9 Å². The van der Waals surface area contributed by atoms with Crippen molar-refractivity contribution in [2.24, 2.45) is 0 Å². The number of hydrogen-bond acceptors (Lipinski definition) is 2. The van der Waals surface area contributed by atoms with Crippen molar-refractivity contribution in [2.75, 3.05) is 9.80 Å². The van der Waals surface area contributed by atoms with Gasteiger partial charge in [-0.15, -0.1) is 6.58 Å². The number of para-hydroxylation sites is 2. The summed E-state index contributed by atoms with van der Waals surface area (Å²) < 4.78 is 0. The molecule has 1 aliphatic heterocycles. The minimum atomic E-state index is -0.0976. The molecule has 0 fully saturated rings. The highest BCUT2D eigenvalue weighted by molar-refractivity contribution is 6.17. The van der Waals surface area contributed by atoms with Gasteiger partial charge >= 0.3 is 0 Å². The SMILES string of the molecule is C=CC(C/C=C/c1ccccc1)N(c1ccc(-c2ccc3c4c(cccc24)N(c2ccccc2)c2ccccc2-3)cc1)c1ccc2c(c1)C(C)(C)c1ccccc1-2. The van der Waals surface area contributed by atoms with E-state index < -0.39 is 0 Å². The molecule has 57 heavy (non-hydrogen) atoms. The zero-order valence-corrected chi connectivity index (χ0v) is 32.4. The van der Waals surface area contributed by atoms with Gasteiger partial charge in [0.25, 0.3) is 0 Å². The van der Waals surface area contributed by atoms with E-state index in [1.54, 1.807) is 0 Å². The molecule has 0 N–H and O–H groups in total. The molecular weight excluding hydrogens is 689 g/mol. The van der Waals surface area contributed by atoms with E-state index in [2.05, 4.69) is 230 Å². The van der Waals surface area contributed by atoms with Crippen LogP contribution in [0.4, 0.5) is 28.4 Å². The van der Waals surface area contributed by atoms with Crippen molar-refractivity contribution in [3.63, 3.8) is 0 Å². The van der Waals surface area contributed by atoms with E-state index in [0.29, 0.717) is 0 Å². The number of hydrogen-bond donors (Lipinski definition) is 0. The molecule has 2 aliphatic rings. The Hall–Kier alpha value is -6.90. The number of benzene rings is 8. The number of anilines is 5. The van der Waals surface area contributed by atoms with Crippen LogP contribution in [0.3, 0.4) is 0 Å².